The van der Waals surface area contributed by atoms with Gasteiger partial charge in [0.25, 0.3) is 0 Å². The van der Waals surface area contributed by atoms with E-state index in [0.29, 0.717) is 18.0 Å². The summed E-state index contributed by atoms with van der Waals surface area (Å²) in [6.07, 6.45) is 3.45. The molecule has 0 unspecified atom stereocenters. The van der Waals surface area contributed by atoms with Gasteiger partial charge >= 0.3 is 0 Å². The van der Waals surface area contributed by atoms with Gasteiger partial charge in [-0.15, -0.1) is 0 Å². The van der Waals surface area contributed by atoms with E-state index in [9.17, 15) is 4.39 Å². The van der Waals surface area contributed by atoms with E-state index in [1.807, 2.05) is 11.6 Å². The Hall–Kier alpha value is -2.04. The molecule has 1 heterocycles. The van der Waals surface area contributed by atoms with E-state index in [4.69, 9.17) is 4.74 Å². The standard InChI is InChI=1S/C12H14FN3O/c1-16-8-14-6-9(16)7-15-12-5-10(17-2)3-4-11(12)13/h3-6,8,15H,7H2,1-2H3. The number of nitrogens with zero attached hydrogens (tertiary/aromatic N) is 2. The third kappa shape index (κ3) is 2.55. The molecule has 0 aliphatic rings. The van der Waals surface area contributed by atoms with Gasteiger partial charge in [0.1, 0.15) is 11.6 Å². The van der Waals surface area contributed by atoms with E-state index in [2.05, 4.69) is 10.3 Å². The van der Waals surface area contributed by atoms with Crippen LogP contribution in [0.4, 0.5) is 10.1 Å². The summed E-state index contributed by atoms with van der Waals surface area (Å²) >= 11 is 0. The zero-order valence-corrected chi connectivity index (χ0v) is 9.77. The zero-order valence-electron chi connectivity index (χ0n) is 9.77. The lowest BCUT2D eigenvalue weighted by Crippen LogP contribution is -2.05. The summed E-state index contributed by atoms with van der Waals surface area (Å²) in [5.74, 6) is 0.326. The average molecular weight is 235 g/mol. The summed E-state index contributed by atoms with van der Waals surface area (Å²) < 4.78 is 20.4. The number of ether oxygens (including phenoxy) is 1. The van der Waals surface area contributed by atoms with Crippen LogP contribution in [0.1, 0.15) is 5.69 Å². The van der Waals surface area contributed by atoms with Crippen LogP contribution >= 0.6 is 0 Å². The van der Waals surface area contributed by atoms with Crippen molar-refractivity contribution in [3.8, 4) is 5.75 Å². The molecule has 2 rings (SSSR count). The van der Waals surface area contributed by atoms with Crippen molar-refractivity contribution < 1.29 is 9.13 Å². The molecule has 90 valence electrons. The molecule has 0 fully saturated rings. The number of hydrogen-bond donors (Lipinski definition) is 1. The molecule has 5 heteroatoms. The van der Waals surface area contributed by atoms with E-state index < -0.39 is 0 Å². The van der Waals surface area contributed by atoms with E-state index in [-0.39, 0.29) is 5.82 Å². The van der Waals surface area contributed by atoms with Crippen molar-refractivity contribution in [2.45, 2.75) is 6.54 Å². The molecule has 2 aromatic rings. The first-order valence-electron chi connectivity index (χ1n) is 5.23. The normalized spacial score (nSPS) is 10.3. The van der Waals surface area contributed by atoms with Crippen molar-refractivity contribution in [3.05, 3.63) is 42.2 Å². The highest BCUT2D eigenvalue weighted by Gasteiger charge is 2.04. The summed E-state index contributed by atoms with van der Waals surface area (Å²) in [7, 11) is 3.45. The number of hydrogen-bond acceptors (Lipinski definition) is 3. The highest BCUT2D eigenvalue weighted by Crippen LogP contribution is 2.21. The second-order valence-corrected chi connectivity index (χ2v) is 3.70. The van der Waals surface area contributed by atoms with Crippen molar-refractivity contribution >= 4 is 5.69 Å². The van der Waals surface area contributed by atoms with Gasteiger partial charge in [-0.2, -0.15) is 0 Å². The summed E-state index contributed by atoms with van der Waals surface area (Å²) in [5, 5.41) is 3.02. The van der Waals surface area contributed by atoms with Crippen molar-refractivity contribution in [1.29, 1.82) is 0 Å². The molecular weight excluding hydrogens is 221 g/mol. The Bertz CT molecular complexity index is 510. The maximum Gasteiger partial charge on any atom is 0.146 e. The summed E-state index contributed by atoms with van der Waals surface area (Å²) in [4.78, 5) is 3.99. The molecule has 0 saturated carbocycles. The smallest absolute Gasteiger partial charge is 0.146 e. The van der Waals surface area contributed by atoms with Crippen molar-refractivity contribution in [2.75, 3.05) is 12.4 Å². The number of rotatable bonds is 4. The van der Waals surface area contributed by atoms with Crippen LogP contribution in [0, 0.1) is 5.82 Å². The van der Waals surface area contributed by atoms with Gasteiger partial charge in [0, 0.05) is 19.3 Å². The first-order chi connectivity index (χ1) is 8.20. The first kappa shape index (κ1) is 11.4. The zero-order chi connectivity index (χ0) is 12.3. The SMILES string of the molecule is COc1ccc(F)c(NCc2cncn2C)c1. The molecule has 0 amide bonds. The van der Waals surface area contributed by atoms with Gasteiger partial charge in [0.2, 0.25) is 0 Å². The fraction of sp³-hybridized carbons (Fsp3) is 0.250. The van der Waals surface area contributed by atoms with Gasteiger partial charge in [-0.25, -0.2) is 9.37 Å². The molecule has 0 aliphatic carbocycles. The minimum Gasteiger partial charge on any atom is -0.497 e. The number of nitrogens with one attached hydrogen (secondary N) is 1. The lowest BCUT2D eigenvalue weighted by atomic mass is 10.3. The van der Waals surface area contributed by atoms with Crippen LogP contribution in [0.2, 0.25) is 0 Å². The van der Waals surface area contributed by atoms with Crippen molar-refractivity contribution in [2.24, 2.45) is 7.05 Å². The number of aromatic nitrogens is 2. The van der Waals surface area contributed by atoms with Gasteiger partial charge in [0.05, 0.1) is 31.4 Å². The molecule has 1 aromatic heterocycles. The number of anilines is 1. The van der Waals surface area contributed by atoms with Crippen LogP contribution in [0.5, 0.6) is 5.75 Å². The van der Waals surface area contributed by atoms with Gasteiger partial charge in [0.15, 0.2) is 0 Å². The second-order valence-electron chi connectivity index (χ2n) is 3.70. The molecule has 1 aromatic carbocycles. The number of methoxy groups -OCH3 is 1. The molecule has 0 aliphatic heterocycles. The van der Waals surface area contributed by atoms with Crippen LogP contribution in [0.3, 0.4) is 0 Å². The topological polar surface area (TPSA) is 39.1 Å². The molecule has 17 heavy (non-hydrogen) atoms. The highest BCUT2D eigenvalue weighted by molar-refractivity contribution is 5.49. The number of benzene rings is 1. The lowest BCUT2D eigenvalue weighted by Gasteiger charge is -2.09. The number of halogens is 1. The van der Waals surface area contributed by atoms with E-state index in [1.54, 1.807) is 31.8 Å². The largest absolute Gasteiger partial charge is 0.497 e. The summed E-state index contributed by atoms with van der Waals surface area (Å²) in [6, 6.07) is 4.60. The monoisotopic (exact) mass is 235 g/mol. The highest BCUT2D eigenvalue weighted by atomic mass is 19.1. The van der Waals surface area contributed by atoms with Crippen LogP contribution in [-0.4, -0.2) is 16.7 Å². The quantitative estimate of drug-likeness (QED) is 0.882. The molecule has 1 N–H and O–H groups in total. The van der Waals surface area contributed by atoms with Gasteiger partial charge in [-0.1, -0.05) is 0 Å². The van der Waals surface area contributed by atoms with E-state index >= 15 is 0 Å². The third-order valence-electron chi connectivity index (χ3n) is 2.55. The maximum absolute atomic E-state index is 13.5. The number of aryl methyl sites for hydroxylation is 1. The van der Waals surface area contributed by atoms with Crippen LogP contribution < -0.4 is 10.1 Å². The van der Waals surface area contributed by atoms with Crippen molar-refractivity contribution in [3.63, 3.8) is 0 Å². The first-order valence-corrected chi connectivity index (χ1v) is 5.23. The molecule has 0 atom stereocenters. The minimum absolute atomic E-state index is 0.298. The van der Waals surface area contributed by atoms with Crippen LogP contribution in [0.15, 0.2) is 30.7 Å². The maximum atomic E-state index is 13.5. The van der Waals surface area contributed by atoms with Gasteiger partial charge < -0.3 is 14.6 Å². The van der Waals surface area contributed by atoms with Gasteiger partial charge in [-0.05, 0) is 12.1 Å². The molecular formula is C12H14FN3O. The Morgan fingerprint density at radius 3 is 2.94 bits per heavy atom. The summed E-state index contributed by atoms with van der Waals surface area (Å²) in [6.45, 7) is 0.514. The Balaban J connectivity index is 2.11. The van der Waals surface area contributed by atoms with Gasteiger partial charge in [-0.3, -0.25) is 0 Å². The molecule has 0 saturated heterocycles. The Morgan fingerprint density at radius 2 is 2.29 bits per heavy atom. The predicted octanol–water partition coefficient (Wildman–Crippen LogP) is 2.18. The molecule has 0 spiro atoms. The van der Waals surface area contributed by atoms with Crippen LogP contribution in [-0.2, 0) is 13.6 Å². The molecule has 0 radical (unpaired) electrons. The molecule has 4 nitrogen and oxygen atoms in total. The molecule has 0 bridgehead atoms. The predicted molar refractivity (Wildman–Crippen MR) is 63.5 cm³/mol. The number of imidazole rings is 1. The minimum atomic E-state index is -0.298. The van der Waals surface area contributed by atoms with Crippen molar-refractivity contribution in [1.82, 2.24) is 9.55 Å². The van der Waals surface area contributed by atoms with Crippen LogP contribution in [0.25, 0.3) is 0 Å². The second kappa shape index (κ2) is 4.86. The Kier molecular flexibility index (Phi) is 3.27. The third-order valence-corrected chi connectivity index (χ3v) is 2.55. The fourth-order valence-electron chi connectivity index (χ4n) is 1.51. The Labute approximate surface area is 99.1 Å². The fourth-order valence-corrected chi connectivity index (χ4v) is 1.51. The average Bonchev–Trinajstić information content (AvgIpc) is 2.74. The van der Waals surface area contributed by atoms with E-state index in [0.717, 1.165) is 5.69 Å². The lowest BCUT2D eigenvalue weighted by molar-refractivity contribution is 0.414. The Morgan fingerprint density at radius 1 is 1.47 bits per heavy atom. The summed E-state index contributed by atoms with van der Waals surface area (Å²) in [5.41, 5.74) is 1.40. The van der Waals surface area contributed by atoms with E-state index in [1.165, 1.54) is 6.07 Å².